The van der Waals surface area contributed by atoms with Gasteiger partial charge in [-0.1, -0.05) is 43.3 Å². The molecule has 44 heavy (non-hydrogen) atoms. The zero-order valence-corrected chi connectivity index (χ0v) is 23.7. The first-order valence-corrected chi connectivity index (χ1v) is 13.8. The van der Waals surface area contributed by atoms with E-state index in [1.807, 2.05) is 0 Å². The number of allylic oxidation sites excluding steroid dienone is 2. The summed E-state index contributed by atoms with van der Waals surface area (Å²) in [5.74, 6) is -2.65. The Balaban J connectivity index is 1.63. The van der Waals surface area contributed by atoms with E-state index >= 15 is 0 Å². The predicted octanol–water partition coefficient (Wildman–Crippen LogP) is 2.40. The number of carboxylic acids is 1. The number of phenolic OH excluding ortho intramolecular Hbond substituents is 2. The van der Waals surface area contributed by atoms with Crippen molar-refractivity contribution >= 4 is 22.8 Å². The van der Waals surface area contributed by atoms with Crippen LogP contribution >= 0.6 is 0 Å². The Morgan fingerprint density at radius 1 is 0.977 bits per heavy atom. The highest BCUT2D eigenvalue weighted by Crippen LogP contribution is 2.31. The summed E-state index contributed by atoms with van der Waals surface area (Å²) in [5.41, 5.74) is 0.458. The van der Waals surface area contributed by atoms with Gasteiger partial charge in [-0.05, 0) is 40.8 Å². The molecule has 0 radical (unpaired) electrons. The number of carboxylic acid groups (broad SMARTS) is 1. The lowest BCUT2D eigenvalue weighted by Gasteiger charge is -2.39. The van der Waals surface area contributed by atoms with E-state index in [1.165, 1.54) is 37.3 Å². The molecule has 1 heterocycles. The smallest absolute Gasteiger partial charge is 0.307 e. The summed E-state index contributed by atoms with van der Waals surface area (Å²) < 4.78 is 16.9. The first-order valence-electron chi connectivity index (χ1n) is 13.8. The molecule has 4 rings (SSSR count). The van der Waals surface area contributed by atoms with Crippen molar-refractivity contribution in [3.63, 3.8) is 0 Å². The number of fused-ring (bicyclic) bond motifs is 1. The molecule has 0 aromatic heterocycles. The van der Waals surface area contributed by atoms with Gasteiger partial charge in [0, 0.05) is 17.9 Å². The first-order chi connectivity index (χ1) is 21.0. The van der Waals surface area contributed by atoms with Gasteiger partial charge in [-0.3, -0.25) is 9.59 Å². The maximum atomic E-state index is 13.6. The summed E-state index contributed by atoms with van der Waals surface area (Å²) in [6.07, 6.45) is -0.0436. The highest BCUT2D eigenvalue weighted by molar-refractivity contribution is 5.91. The molecule has 5 unspecified atom stereocenters. The van der Waals surface area contributed by atoms with Crippen molar-refractivity contribution in [2.45, 2.75) is 44.4 Å². The molecule has 0 amide bonds. The third kappa shape index (κ3) is 7.47. The highest BCUT2D eigenvalue weighted by atomic mass is 16.6. The average molecular weight is 611 g/mol. The summed E-state index contributed by atoms with van der Waals surface area (Å²) in [6, 6.07) is 10.7. The summed E-state index contributed by atoms with van der Waals surface area (Å²) in [6.45, 7) is 1.12. The standard InChI is InChI=1S/C32H34O12/c1-17-28(37)31(40)25(44-32(17)41)16-43-24-14-19(9-11-42-23-8-5-18(13-22(23)34)4-2-3-10-33)12-20-6-7-21(15-26(35)36)29(38)27(20)30(24)39/h2-8,10,12-14,17,25,28,31-34,37-38,40-41H,9,11,15-16H2,1H3,(H,35,36)/b4-2+,10-3+. The molecule has 0 bridgehead atoms. The summed E-state index contributed by atoms with van der Waals surface area (Å²) in [5, 5.41) is 70.1. The number of aliphatic hydroxyl groups excluding tert-OH is 4. The minimum atomic E-state index is -1.41. The molecular weight excluding hydrogens is 576 g/mol. The predicted molar refractivity (Wildman–Crippen MR) is 159 cm³/mol. The molecule has 0 aliphatic carbocycles. The SMILES string of the molecule is CC1C(O)OC(COc2cc(CCOc3ccc(/C=C/C=C/O)cc3O)cc3ccc(CC(=O)O)c(O)c3c2=O)C(O)C1O. The van der Waals surface area contributed by atoms with E-state index < -0.39 is 60.7 Å². The quantitative estimate of drug-likeness (QED) is 0.124. The van der Waals surface area contributed by atoms with E-state index in [4.69, 9.17) is 19.3 Å². The molecule has 7 N–H and O–H groups in total. The number of carbonyl (C=O) groups is 1. The molecule has 12 heteroatoms. The fraction of sp³-hybridized carbons (Fsp3) is 0.312. The molecule has 3 aromatic carbocycles. The second kappa shape index (κ2) is 14.2. The average Bonchev–Trinajstić information content (AvgIpc) is 3.11. The molecule has 234 valence electrons. The van der Waals surface area contributed by atoms with E-state index in [-0.39, 0.29) is 41.2 Å². The fourth-order valence-corrected chi connectivity index (χ4v) is 4.81. The number of rotatable bonds is 11. The van der Waals surface area contributed by atoms with Crippen LogP contribution in [0.4, 0.5) is 0 Å². The molecule has 0 spiro atoms. The van der Waals surface area contributed by atoms with Crippen LogP contribution in [0.1, 0.15) is 23.6 Å². The molecular formula is C32H34O12. The Bertz CT molecular complexity index is 1620. The van der Waals surface area contributed by atoms with Crippen molar-refractivity contribution in [2.75, 3.05) is 13.2 Å². The van der Waals surface area contributed by atoms with Crippen LogP contribution in [0.2, 0.25) is 0 Å². The number of aliphatic carboxylic acids is 1. The van der Waals surface area contributed by atoms with E-state index in [2.05, 4.69) is 0 Å². The van der Waals surface area contributed by atoms with Crippen LogP contribution in [-0.2, 0) is 22.4 Å². The van der Waals surface area contributed by atoms with Gasteiger partial charge < -0.3 is 50.0 Å². The monoisotopic (exact) mass is 610 g/mol. The van der Waals surface area contributed by atoms with Gasteiger partial charge in [0.25, 0.3) is 0 Å². The normalized spacial score (nSPS) is 22.0. The third-order valence-electron chi connectivity index (χ3n) is 7.30. The molecule has 1 aliphatic rings. The minimum Gasteiger partial charge on any atom is -0.516 e. The number of aromatic hydroxyl groups is 2. The number of ether oxygens (including phenoxy) is 3. The molecule has 1 aliphatic heterocycles. The van der Waals surface area contributed by atoms with Gasteiger partial charge in [0.2, 0.25) is 5.43 Å². The molecule has 5 atom stereocenters. The number of hydrogen-bond acceptors (Lipinski definition) is 11. The summed E-state index contributed by atoms with van der Waals surface area (Å²) >= 11 is 0. The van der Waals surface area contributed by atoms with Crippen LogP contribution in [0, 0.1) is 5.92 Å². The van der Waals surface area contributed by atoms with Gasteiger partial charge in [-0.2, -0.15) is 0 Å². The zero-order chi connectivity index (χ0) is 32.0. The minimum absolute atomic E-state index is 0.0246. The van der Waals surface area contributed by atoms with Crippen molar-refractivity contribution in [3.05, 3.63) is 87.8 Å². The Morgan fingerprint density at radius 2 is 1.75 bits per heavy atom. The van der Waals surface area contributed by atoms with Crippen LogP contribution in [0.15, 0.2) is 65.7 Å². The van der Waals surface area contributed by atoms with Crippen molar-refractivity contribution in [2.24, 2.45) is 5.92 Å². The van der Waals surface area contributed by atoms with Crippen molar-refractivity contribution in [3.8, 4) is 23.0 Å². The largest absolute Gasteiger partial charge is 0.516 e. The van der Waals surface area contributed by atoms with E-state index in [1.54, 1.807) is 30.4 Å². The van der Waals surface area contributed by atoms with E-state index in [0.29, 0.717) is 16.5 Å². The second-order valence-electron chi connectivity index (χ2n) is 10.4. The van der Waals surface area contributed by atoms with E-state index in [9.17, 15) is 40.2 Å². The van der Waals surface area contributed by atoms with Crippen molar-refractivity contribution < 1.29 is 54.8 Å². The lowest BCUT2D eigenvalue weighted by atomic mass is 9.93. The number of hydrogen-bond donors (Lipinski definition) is 7. The van der Waals surface area contributed by atoms with Crippen LogP contribution in [0.3, 0.4) is 0 Å². The topological polar surface area (TPSA) is 203 Å². The van der Waals surface area contributed by atoms with Gasteiger partial charge in [0.15, 0.2) is 23.5 Å². The Labute approximate surface area is 251 Å². The van der Waals surface area contributed by atoms with Gasteiger partial charge in [0.1, 0.15) is 24.6 Å². The molecule has 1 fully saturated rings. The third-order valence-corrected chi connectivity index (χ3v) is 7.30. The lowest BCUT2D eigenvalue weighted by Crippen LogP contribution is -2.55. The van der Waals surface area contributed by atoms with Crippen LogP contribution in [-0.4, -0.2) is 79.5 Å². The fourth-order valence-electron chi connectivity index (χ4n) is 4.81. The zero-order valence-electron chi connectivity index (χ0n) is 23.7. The molecule has 12 nitrogen and oxygen atoms in total. The van der Waals surface area contributed by atoms with Crippen molar-refractivity contribution in [1.82, 2.24) is 0 Å². The Morgan fingerprint density at radius 3 is 2.45 bits per heavy atom. The number of benzene rings is 2. The van der Waals surface area contributed by atoms with Crippen LogP contribution < -0.4 is 14.9 Å². The Hall–Kier alpha value is -4.62. The molecule has 0 saturated carbocycles. The Kier molecular flexibility index (Phi) is 10.4. The maximum Gasteiger partial charge on any atom is 0.307 e. The number of aliphatic hydroxyl groups is 4. The maximum absolute atomic E-state index is 13.6. The lowest BCUT2D eigenvalue weighted by molar-refractivity contribution is -0.264. The molecule has 3 aromatic rings. The van der Waals surface area contributed by atoms with Crippen LogP contribution in [0.5, 0.6) is 23.0 Å². The van der Waals surface area contributed by atoms with Crippen LogP contribution in [0.25, 0.3) is 16.8 Å². The van der Waals surface area contributed by atoms with Gasteiger partial charge >= 0.3 is 5.97 Å². The summed E-state index contributed by atoms with van der Waals surface area (Å²) in [4.78, 5) is 24.9. The number of phenols is 2. The van der Waals surface area contributed by atoms with E-state index in [0.717, 1.165) is 6.26 Å². The highest BCUT2D eigenvalue weighted by Gasteiger charge is 2.41. The molecule has 1 saturated heterocycles. The van der Waals surface area contributed by atoms with Crippen molar-refractivity contribution in [1.29, 1.82) is 0 Å². The van der Waals surface area contributed by atoms with Gasteiger partial charge in [0.05, 0.1) is 30.8 Å². The van der Waals surface area contributed by atoms with Gasteiger partial charge in [-0.15, -0.1) is 0 Å². The summed E-state index contributed by atoms with van der Waals surface area (Å²) in [7, 11) is 0. The second-order valence-corrected chi connectivity index (χ2v) is 10.4. The first kappa shape index (κ1) is 32.3. The van der Waals surface area contributed by atoms with Gasteiger partial charge in [-0.25, -0.2) is 0 Å².